The van der Waals surface area contributed by atoms with E-state index in [-0.39, 0.29) is 17.7 Å². The topological polar surface area (TPSA) is 59.4 Å². The molecule has 1 aliphatic heterocycles. The minimum Gasteiger partial charge on any atom is -0.353 e. The summed E-state index contributed by atoms with van der Waals surface area (Å²) in [7, 11) is -1.55. The lowest BCUT2D eigenvalue weighted by Gasteiger charge is -2.25. The second-order valence-electron chi connectivity index (χ2n) is 6.45. The second-order valence-corrected chi connectivity index (χ2v) is 9.43. The van der Waals surface area contributed by atoms with E-state index in [9.17, 15) is 13.2 Å². The van der Waals surface area contributed by atoms with Crippen molar-refractivity contribution in [1.29, 1.82) is 0 Å². The number of benzene rings is 1. The number of amides is 1. The first-order valence-electron chi connectivity index (χ1n) is 8.21. The van der Waals surface area contributed by atoms with Crippen LogP contribution in [0.2, 0.25) is 0 Å². The summed E-state index contributed by atoms with van der Waals surface area (Å²) < 4.78 is 27.8. The SMILES string of the molecule is Cn1cccc1C1CCCN1C(=O)CS(=O)(=O)Cc1ccc(Br)cc1. The monoisotopic (exact) mass is 424 g/mol. The van der Waals surface area contributed by atoms with Crippen LogP contribution in [-0.4, -0.2) is 36.1 Å². The molecule has 1 aliphatic rings. The van der Waals surface area contributed by atoms with Crippen molar-refractivity contribution in [2.45, 2.75) is 24.6 Å². The number of nitrogens with zero attached hydrogens (tertiary/aromatic N) is 2. The predicted molar refractivity (Wildman–Crippen MR) is 101 cm³/mol. The standard InChI is InChI=1S/C18H21BrN2O3S/c1-20-10-2-4-16(20)17-5-3-11-21(17)18(22)13-25(23,24)12-14-6-8-15(19)9-7-14/h2,4,6-10,17H,3,5,11-13H2,1H3. The van der Waals surface area contributed by atoms with Gasteiger partial charge in [0, 0.05) is 30.0 Å². The van der Waals surface area contributed by atoms with Crippen LogP contribution in [0.25, 0.3) is 0 Å². The van der Waals surface area contributed by atoms with Crippen molar-refractivity contribution in [3.8, 4) is 0 Å². The first-order chi connectivity index (χ1) is 11.9. The molecule has 0 radical (unpaired) electrons. The van der Waals surface area contributed by atoms with Gasteiger partial charge < -0.3 is 9.47 Å². The number of sulfone groups is 1. The van der Waals surface area contributed by atoms with Crippen LogP contribution in [0.1, 0.15) is 30.1 Å². The van der Waals surface area contributed by atoms with Crippen LogP contribution in [0.4, 0.5) is 0 Å². The molecule has 1 amide bonds. The van der Waals surface area contributed by atoms with E-state index in [1.807, 2.05) is 29.9 Å². The Morgan fingerprint density at radius 2 is 1.96 bits per heavy atom. The third kappa shape index (κ3) is 4.33. The summed E-state index contributed by atoms with van der Waals surface area (Å²) in [6, 6.07) is 11.0. The van der Waals surface area contributed by atoms with E-state index in [1.165, 1.54) is 0 Å². The van der Waals surface area contributed by atoms with Crippen molar-refractivity contribution in [2.24, 2.45) is 7.05 Å². The Morgan fingerprint density at radius 3 is 2.60 bits per heavy atom. The molecule has 1 saturated heterocycles. The molecule has 1 unspecified atom stereocenters. The number of rotatable bonds is 5. The third-order valence-electron chi connectivity index (χ3n) is 4.54. The quantitative estimate of drug-likeness (QED) is 0.740. The van der Waals surface area contributed by atoms with Gasteiger partial charge in [-0.05, 0) is 42.7 Å². The number of halogens is 1. The highest BCUT2D eigenvalue weighted by Crippen LogP contribution is 2.32. The van der Waals surface area contributed by atoms with Gasteiger partial charge in [-0.2, -0.15) is 0 Å². The molecule has 134 valence electrons. The van der Waals surface area contributed by atoms with E-state index >= 15 is 0 Å². The number of likely N-dealkylation sites (tertiary alicyclic amines) is 1. The Kier molecular flexibility index (Phi) is 5.34. The fraction of sp³-hybridized carbons (Fsp3) is 0.389. The maximum absolute atomic E-state index is 12.7. The fourth-order valence-corrected chi connectivity index (χ4v) is 4.96. The molecule has 1 atom stereocenters. The molecule has 0 saturated carbocycles. The first kappa shape index (κ1) is 18.2. The van der Waals surface area contributed by atoms with Crippen molar-refractivity contribution in [3.63, 3.8) is 0 Å². The molecule has 5 nitrogen and oxygen atoms in total. The molecule has 0 N–H and O–H groups in total. The molecule has 0 spiro atoms. The lowest BCUT2D eigenvalue weighted by atomic mass is 10.1. The van der Waals surface area contributed by atoms with Gasteiger partial charge in [0.05, 0.1) is 11.8 Å². The third-order valence-corrected chi connectivity index (χ3v) is 6.53. The molecular formula is C18H21BrN2O3S. The zero-order chi connectivity index (χ0) is 18.0. The second kappa shape index (κ2) is 7.33. The van der Waals surface area contributed by atoms with E-state index in [0.29, 0.717) is 12.1 Å². The first-order valence-corrected chi connectivity index (χ1v) is 10.8. The Morgan fingerprint density at radius 1 is 1.24 bits per heavy atom. The van der Waals surface area contributed by atoms with Gasteiger partial charge in [-0.3, -0.25) is 4.79 Å². The van der Waals surface area contributed by atoms with Crippen LogP contribution in [0.5, 0.6) is 0 Å². The molecule has 1 aromatic heterocycles. The van der Waals surface area contributed by atoms with Gasteiger partial charge in [-0.1, -0.05) is 28.1 Å². The molecule has 3 rings (SSSR count). The molecule has 25 heavy (non-hydrogen) atoms. The predicted octanol–water partition coefficient (Wildman–Crippen LogP) is 3.07. The molecule has 1 aromatic carbocycles. The maximum atomic E-state index is 12.7. The number of aryl methyl sites for hydroxylation is 1. The van der Waals surface area contributed by atoms with Crippen molar-refractivity contribution in [1.82, 2.24) is 9.47 Å². The fourth-order valence-electron chi connectivity index (χ4n) is 3.35. The summed E-state index contributed by atoms with van der Waals surface area (Å²) in [5, 5.41) is 0. The van der Waals surface area contributed by atoms with Crippen molar-refractivity contribution in [3.05, 3.63) is 58.3 Å². The molecule has 7 heteroatoms. The molecule has 0 aliphatic carbocycles. The van der Waals surface area contributed by atoms with Crippen LogP contribution >= 0.6 is 15.9 Å². The minimum absolute atomic E-state index is 0.0321. The lowest BCUT2D eigenvalue weighted by molar-refractivity contribution is -0.129. The van der Waals surface area contributed by atoms with Crippen LogP contribution in [-0.2, 0) is 27.4 Å². The zero-order valence-corrected chi connectivity index (χ0v) is 16.5. The lowest BCUT2D eigenvalue weighted by Crippen LogP contribution is -2.36. The Balaban J connectivity index is 1.70. The number of hydrogen-bond acceptors (Lipinski definition) is 3. The van der Waals surface area contributed by atoms with Gasteiger partial charge in [0.2, 0.25) is 5.91 Å². The highest BCUT2D eigenvalue weighted by molar-refractivity contribution is 9.10. The van der Waals surface area contributed by atoms with Crippen molar-refractivity contribution >= 4 is 31.7 Å². The summed E-state index contributed by atoms with van der Waals surface area (Å²) in [6.07, 6.45) is 3.71. The molecule has 2 heterocycles. The van der Waals surface area contributed by atoms with Gasteiger partial charge >= 0.3 is 0 Å². The van der Waals surface area contributed by atoms with Crippen molar-refractivity contribution in [2.75, 3.05) is 12.3 Å². The summed E-state index contributed by atoms with van der Waals surface area (Å²) in [5.41, 5.74) is 1.74. The van der Waals surface area contributed by atoms with E-state index in [2.05, 4.69) is 15.9 Å². The smallest absolute Gasteiger partial charge is 0.238 e. The van der Waals surface area contributed by atoms with Gasteiger partial charge in [0.15, 0.2) is 9.84 Å². The molecule has 2 aromatic rings. The Hall–Kier alpha value is -1.60. The van der Waals surface area contributed by atoms with E-state index in [1.54, 1.807) is 29.2 Å². The van der Waals surface area contributed by atoms with Crippen LogP contribution < -0.4 is 0 Å². The van der Waals surface area contributed by atoms with Gasteiger partial charge in [0.25, 0.3) is 0 Å². The summed E-state index contributed by atoms with van der Waals surface area (Å²) >= 11 is 3.33. The Bertz CT molecular complexity index is 859. The van der Waals surface area contributed by atoms with E-state index in [4.69, 9.17) is 0 Å². The summed E-state index contributed by atoms with van der Waals surface area (Å²) in [5.74, 6) is -0.862. The summed E-state index contributed by atoms with van der Waals surface area (Å²) in [6.45, 7) is 0.614. The number of aromatic nitrogens is 1. The number of carbonyl (C=O) groups is 1. The van der Waals surface area contributed by atoms with Gasteiger partial charge in [-0.15, -0.1) is 0 Å². The molecule has 0 bridgehead atoms. The minimum atomic E-state index is -3.50. The maximum Gasteiger partial charge on any atom is 0.238 e. The van der Waals surface area contributed by atoms with E-state index in [0.717, 1.165) is 23.0 Å². The highest BCUT2D eigenvalue weighted by Gasteiger charge is 2.33. The number of carbonyl (C=O) groups excluding carboxylic acids is 1. The van der Waals surface area contributed by atoms with Crippen LogP contribution in [0, 0.1) is 0 Å². The molecular weight excluding hydrogens is 404 g/mol. The average Bonchev–Trinajstić information content (AvgIpc) is 3.17. The van der Waals surface area contributed by atoms with Crippen molar-refractivity contribution < 1.29 is 13.2 Å². The van der Waals surface area contributed by atoms with Crippen LogP contribution in [0.15, 0.2) is 47.1 Å². The largest absolute Gasteiger partial charge is 0.353 e. The summed E-state index contributed by atoms with van der Waals surface area (Å²) in [4.78, 5) is 14.4. The van der Waals surface area contributed by atoms with Crippen LogP contribution in [0.3, 0.4) is 0 Å². The molecule has 1 fully saturated rings. The average molecular weight is 425 g/mol. The van der Waals surface area contributed by atoms with Gasteiger partial charge in [0.1, 0.15) is 5.75 Å². The zero-order valence-electron chi connectivity index (χ0n) is 14.1. The van der Waals surface area contributed by atoms with Gasteiger partial charge in [-0.25, -0.2) is 8.42 Å². The van der Waals surface area contributed by atoms with E-state index < -0.39 is 15.6 Å². The highest BCUT2D eigenvalue weighted by atomic mass is 79.9. The normalized spacial score (nSPS) is 17.8. The Labute approximate surface area is 156 Å². The number of hydrogen-bond donors (Lipinski definition) is 0.